The van der Waals surface area contributed by atoms with Gasteiger partial charge in [0, 0.05) is 19.1 Å². The maximum absolute atomic E-state index is 12.7. The first-order valence-electron chi connectivity index (χ1n) is 6.49. The summed E-state index contributed by atoms with van der Waals surface area (Å²) < 4.78 is 38.9. The van der Waals surface area contributed by atoms with Crippen LogP contribution >= 0.6 is 0 Å². The van der Waals surface area contributed by atoms with Crippen molar-refractivity contribution in [3.63, 3.8) is 0 Å². The smallest absolute Gasteiger partial charge is 0.336 e. The largest absolute Gasteiger partial charge is 0.451 e. The van der Waals surface area contributed by atoms with Gasteiger partial charge in [-0.15, -0.1) is 5.10 Å². The lowest BCUT2D eigenvalue weighted by Gasteiger charge is -2.30. The molecule has 0 aliphatic heterocycles. The summed E-state index contributed by atoms with van der Waals surface area (Å²) in [5.74, 6) is -1.77. The van der Waals surface area contributed by atoms with Crippen LogP contribution in [0.5, 0.6) is 0 Å². The number of amides is 1. The quantitative estimate of drug-likeness (QED) is 0.841. The summed E-state index contributed by atoms with van der Waals surface area (Å²) >= 11 is 0. The standard InChI is InChI=1S/C12H19F3N4O2/c1-7(2)19(8(3)4)9(20)6-18-11(21)17(5)10(16-18)12(13,14)15/h7-8H,6H2,1-5H3. The molecule has 0 aromatic carbocycles. The Balaban J connectivity index is 3.10. The highest BCUT2D eigenvalue weighted by Crippen LogP contribution is 2.26. The van der Waals surface area contributed by atoms with E-state index in [1.165, 1.54) is 4.90 Å². The minimum atomic E-state index is -4.74. The lowest BCUT2D eigenvalue weighted by molar-refractivity contribution is -0.147. The van der Waals surface area contributed by atoms with E-state index in [2.05, 4.69) is 5.10 Å². The number of hydrogen-bond acceptors (Lipinski definition) is 3. The van der Waals surface area contributed by atoms with Crippen molar-refractivity contribution in [1.29, 1.82) is 0 Å². The predicted molar refractivity (Wildman–Crippen MR) is 69.6 cm³/mol. The van der Waals surface area contributed by atoms with Gasteiger partial charge in [-0.05, 0) is 27.7 Å². The fourth-order valence-electron chi connectivity index (χ4n) is 2.22. The van der Waals surface area contributed by atoms with Gasteiger partial charge in [0.1, 0.15) is 6.54 Å². The molecule has 6 nitrogen and oxygen atoms in total. The van der Waals surface area contributed by atoms with E-state index in [1.807, 2.05) is 0 Å². The second-order valence-corrected chi connectivity index (χ2v) is 5.31. The molecule has 0 saturated heterocycles. The Morgan fingerprint density at radius 2 is 1.71 bits per heavy atom. The van der Waals surface area contributed by atoms with Crippen molar-refractivity contribution in [3.8, 4) is 0 Å². The summed E-state index contributed by atoms with van der Waals surface area (Å²) in [6.07, 6.45) is -4.74. The lowest BCUT2D eigenvalue weighted by Crippen LogP contribution is -2.45. The van der Waals surface area contributed by atoms with Crippen LogP contribution in [-0.2, 0) is 24.6 Å². The molecular weight excluding hydrogens is 289 g/mol. The van der Waals surface area contributed by atoms with Gasteiger partial charge >= 0.3 is 11.9 Å². The average Bonchev–Trinajstić information content (AvgIpc) is 2.55. The minimum absolute atomic E-state index is 0.126. The molecule has 0 aliphatic carbocycles. The molecule has 1 aromatic rings. The van der Waals surface area contributed by atoms with Crippen LogP contribution in [0.15, 0.2) is 4.79 Å². The molecule has 1 amide bonds. The molecule has 0 bridgehead atoms. The highest BCUT2D eigenvalue weighted by Gasteiger charge is 2.38. The number of halogens is 3. The van der Waals surface area contributed by atoms with Gasteiger partial charge in [-0.3, -0.25) is 9.36 Å². The third-order valence-corrected chi connectivity index (χ3v) is 2.98. The lowest BCUT2D eigenvalue weighted by atomic mass is 10.2. The van der Waals surface area contributed by atoms with Gasteiger partial charge in [-0.1, -0.05) is 0 Å². The SMILES string of the molecule is CC(C)N(C(=O)Cn1nc(C(F)(F)F)n(C)c1=O)C(C)C. The average molecular weight is 308 g/mol. The molecule has 0 spiro atoms. The van der Waals surface area contributed by atoms with Crippen LogP contribution in [0, 0.1) is 0 Å². The van der Waals surface area contributed by atoms with Crippen LogP contribution in [0.1, 0.15) is 33.5 Å². The normalized spacial score (nSPS) is 12.3. The maximum atomic E-state index is 12.7. The van der Waals surface area contributed by atoms with E-state index in [0.29, 0.717) is 9.25 Å². The summed E-state index contributed by atoms with van der Waals surface area (Å²) in [5.41, 5.74) is -0.969. The van der Waals surface area contributed by atoms with Crippen molar-refractivity contribution in [1.82, 2.24) is 19.2 Å². The van der Waals surface area contributed by atoms with Gasteiger partial charge < -0.3 is 4.90 Å². The molecule has 1 rings (SSSR count). The molecule has 0 unspecified atom stereocenters. The number of alkyl halides is 3. The van der Waals surface area contributed by atoms with Gasteiger partial charge in [-0.2, -0.15) is 13.2 Å². The van der Waals surface area contributed by atoms with Gasteiger partial charge in [0.2, 0.25) is 11.7 Å². The Kier molecular flexibility index (Phi) is 4.85. The fraction of sp³-hybridized carbons (Fsp3) is 0.750. The summed E-state index contributed by atoms with van der Waals surface area (Å²) in [5, 5.41) is 3.22. The first kappa shape index (κ1) is 17.3. The molecule has 0 N–H and O–H groups in total. The maximum Gasteiger partial charge on any atom is 0.451 e. The molecule has 21 heavy (non-hydrogen) atoms. The van der Waals surface area contributed by atoms with E-state index in [-0.39, 0.29) is 12.1 Å². The first-order valence-corrected chi connectivity index (χ1v) is 6.49. The van der Waals surface area contributed by atoms with Gasteiger partial charge in [0.25, 0.3) is 0 Å². The second-order valence-electron chi connectivity index (χ2n) is 5.31. The molecule has 9 heteroatoms. The number of hydrogen-bond donors (Lipinski definition) is 0. The van der Waals surface area contributed by atoms with E-state index in [0.717, 1.165) is 7.05 Å². The molecule has 1 heterocycles. The van der Waals surface area contributed by atoms with E-state index in [9.17, 15) is 22.8 Å². The van der Waals surface area contributed by atoms with Crippen molar-refractivity contribution in [2.24, 2.45) is 7.05 Å². The minimum Gasteiger partial charge on any atom is -0.336 e. The number of carbonyl (C=O) groups is 1. The van der Waals surface area contributed by atoms with E-state index in [4.69, 9.17) is 0 Å². The van der Waals surface area contributed by atoms with Crippen molar-refractivity contribution in [2.45, 2.75) is 52.5 Å². The van der Waals surface area contributed by atoms with E-state index in [1.54, 1.807) is 27.7 Å². The Morgan fingerprint density at radius 3 is 2.05 bits per heavy atom. The van der Waals surface area contributed by atoms with Crippen LogP contribution in [0.3, 0.4) is 0 Å². The summed E-state index contributed by atoms with van der Waals surface area (Å²) in [7, 11) is 0.974. The summed E-state index contributed by atoms with van der Waals surface area (Å²) in [4.78, 5) is 25.4. The number of carbonyl (C=O) groups excluding carboxylic acids is 1. The van der Waals surface area contributed by atoms with Gasteiger partial charge in [-0.25, -0.2) is 9.48 Å². The van der Waals surface area contributed by atoms with Crippen LogP contribution in [0.25, 0.3) is 0 Å². The number of nitrogens with zero attached hydrogens (tertiary/aromatic N) is 4. The highest BCUT2D eigenvalue weighted by atomic mass is 19.4. The number of aromatic nitrogens is 3. The molecule has 0 radical (unpaired) electrons. The number of rotatable bonds is 4. The van der Waals surface area contributed by atoms with Crippen molar-refractivity contribution >= 4 is 5.91 Å². The second kappa shape index (κ2) is 5.90. The summed E-state index contributed by atoms with van der Waals surface area (Å²) in [6, 6.07) is -0.252. The highest BCUT2D eigenvalue weighted by molar-refractivity contribution is 5.76. The fourth-order valence-corrected chi connectivity index (χ4v) is 2.22. The zero-order chi connectivity index (χ0) is 16.5. The zero-order valence-corrected chi connectivity index (χ0v) is 12.6. The topological polar surface area (TPSA) is 60.1 Å². The van der Waals surface area contributed by atoms with Crippen LogP contribution in [-0.4, -0.2) is 37.2 Å². The van der Waals surface area contributed by atoms with Crippen molar-refractivity contribution < 1.29 is 18.0 Å². The van der Waals surface area contributed by atoms with Crippen molar-refractivity contribution in [2.75, 3.05) is 0 Å². The Bertz CT molecular complexity index is 564. The summed E-state index contributed by atoms with van der Waals surface area (Å²) in [6.45, 7) is 6.65. The Morgan fingerprint density at radius 1 is 1.24 bits per heavy atom. The first-order chi connectivity index (χ1) is 9.46. The molecule has 120 valence electrons. The predicted octanol–water partition coefficient (Wildman–Crippen LogP) is 1.25. The Labute approximate surface area is 120 Å². The molecule has 0 aliphatic rings. The van der Waals surface area contributed by atoms with Crippen LogP contribution in [0.2, 0.25) is 0 Å². The molecular formula is C12H19F3N4O2. The monoisotopic (exact) mass is 308 g/mol. The molecule has 0 fully saturated rings. The van der Waals surface area contributed by atoms with Crippen molar-refractivity contribution in [3.05, 3.63) is 16.3 Å². The third-order valence-electron chi connectivity index (χ3n) is 2.98. The van der Waals surface area contributed by atoms with Gasteiger partial charge in [0.05, 0.1) is 0 Å². The molecule has 0 atom stereocenters. The molecule has 0 saturated carbocycles. The van der Waals surface area contributed by atoms with Gasteiger partial charge in [0.15, 0.2) is 0 Å². The Hall–Kier alpha value is -1.80. The van der Waals surface area contributed by atoms with E-state index >= 15 is 0 Å². The van der Waals surface area contributed by atoms with Crippen LogP contribution in [0.4, 0.5) is 13.2 Å². The van der Waals surface area contributed by atoms with Crippen LogP contribution < -0.4 is 5.69 Å². The third kappa shape index (κ3) is 3.64. The zero-order valence-electron chi connectivity index (χ0n) is 12.6. The van der Waals surface area contributed by atoms with E-state index < -0.39 is 30.1 Å². The molecule has 1 aromatic heterocycles.